The van der Waals surface area contributed by atoms with Gasteiger partial charge in [0.25, 0.3) is 5.91 Å². The summed E-state index contributed by atoms with van der Waals surface area (Å²) in [7, 11) is -2.04. The molecule has 1 aliphatic heterocycles. The standard InChI is InChI=1S/C21H26N2O5S/c1-15-13-23(14-16(2)28-15)29(25,26)20-9-7-18(8-10-20)21(24)22-12-17-5-4-6-19(11-17)27-3/h4-11,15-16H,12-14H2,1-3H3,(H,22,24)/t15-,16-/m1/s1. The van der Waals surface area contributed by atoms with Crippen LogP contribution in [-0.2, 0) is 21.3 Å². The molecule has 0 spiro atoms. The summed E-state index contributed by atoms with van der Waals surface area (Å²) in [5, 5.41) is 2.83. The molecule has 2 atom stereocenters. The van der Waals surface area contributed by atoms with Gasteiger partial charge in [-0.05, 0) is 55.8 Å². The Labute approximate surface area is 171 Å². The molecule has 29 heavy (non-hydrogen) atoms. The van der Waals surface area contributed by atoms with E-state index < -0.39 is 10.0 Å². The van der Waals surface area contributed by atoms with Gasteiger partial charge in [-0.2, -0.15) is 4.31 Å². The Morgan fingerprint density at radius 3 is 2.41 bits per heavy atom. The molecule has 1 aliphatic rings. The Balaban J connectivity index is 1.66. The first-order valence-corrected chi connectivity index (χ1v) is 10.9. The third kappa shape index (κ3) is 5.14. The Kier molecular flexibility index (Phi) is 6.56. The molecule has 1 N–H and O–H groups in total. The molecular formula is C21H26N2O5S. The lowest BCUT2D eigenvalue weighted by molar-refractivity contribution is -0.0440. The van der Waals surface area contributed by atoms with Crippen LogP contribution >= 0.6 is 0 Å². The first kappa shape index (κ1) is 21.3. The zero-order chi connectivity index (χ0) is 21.0. The number of nitrogens with one attached hydrogen (secondary N) is 1. The van der Waals surface area contributed by atoms with E-state index in [1.807, 2.05) is 38.1 Å². The molecule has 1 heterocycles. The summed E-state index contributed by atoms with van der Waals surface area (Å²) in [6.45, 7) is 4.69. The van der Waals surface area contributed by atoms with Gasteiger partial charge in [0.2, 0.25) is 10.0 Å². The molecule has 1 saturated heterocycles. The van der Waals surface area contributed by atoms with Crippen molar-refractivity contribution in [2.45, 2.75) is 37.5 Å². The van der Waals surface area contributed by atoms with Crippen LogP contribution in [0.3, 0.4) is 0 Å². The molecule has 1 amide bonds. The summed E-state index contributed by atoms with van der Waals surface area (Å²) < 4.78 is 38.0. The number of amides is 1. The SMILES string of the molecule is COc1cccc(CNC(=O)c2ccc(S(=O)(=O)N3C[C@@H](C)O[C@H](C)C3)cc2)c1. The Morgan fingerprint density at radius 2 is 1.79 bits per heavy atom. The summed E-state index contributed by atoms with van der Waals surface area (Å²) in [5.41, 5.74) is 1.31. The molecule has 7 nitrogen and oxygen atoms in total. The molecular weight excluding hydrogens is 392 g/mol. The maximum absolute atomic E-state index is 12.9. The average Bonchev–Trinajstić information content (AvgIpc) is 2.71. The number of nitrogens with zero attached hydrogens (tertiary/aromatic N) is 1. The number of ether oxygens (including phenoxy) is 2. The Hall–Kier alpha value is -2.42. The molecule has 1 fully saturated rings. The minimum Gasteiger partial charge on any atom is -0.497 e. The van der Waals surface area contributed by atoms with E-state index in [1.54, 1.807) is 7.11 Å². The summed E-state index contributed by atoms with van der Waals surface area (Å²) in [5.74, 6) is 0.448. The molecule has 3 rings (SSSR count). The van der Waals surface area contributed by atoms with Crippen molar-refractivity contribution < 1.29 is 22.7 Å². The van der Waals surface area contributed by atoms with E-state index in [4.69, 9.17) is 9.47 Å². The topological polar surface area (TPSA) is 84.9 Å². The number of benzene rings is 2. The number of morpholine rings is 1. The van der Waals surface area contributed by atoms with Gasteiger partial charge in [0.1, 0.15) is 5.75 Å². The third-order valence-corrected chi connectivity index (χ3v) is 6.57. The number of hydrogen-bond acceptors (Lipinski definition) is 5. The van der Waals surface area contributed by atoms with Crippen molar-refractivity contribution in [3.8, 4) is 5.75 Å². The van der Waals surface area contributed by atoms with Crippen molar-refractivity contribution in [1.29, 1.82) is 0 Å². The van der Waals surface area contributed by atoms with Crippen LogP contribution in [0.4, 0.5) is 0 Å². The fourth-order valence-electron chi connectivity index (χ4n) is 3.32. The van der Waals surface area contributed by atoms with Gasteiger partial charge >= 0.3 is 0 Å². The van der Waals surface area contributed by atoms with Gasteiger partial charge in [-0.1, -0.05) is 12.1 Å². The van der Waals surface area contributed by atoms with E-state index in [-0.39, 0.29) is 23.0 Å². The summed E-state index contributed by atoms with van der Waals surface area (Å²) in [4.78, 5) is 12.6. The lowest BCUT2D eigenvalue weighted by Gasteiger charge is -2.34. The highest BCUT2D eigenvalue weighted by Gasteiger charge is 2.32. The van der Waals surface area contributed by atoms with E-state index in [9.17, 15) is 13.2 Å². The molecule has 156 valence electrons. The van der Waals surface area contributed by atoms with Crippen molar-refractivity contribution in [2.24, 2.45) is 0 Å². The van der Waals surface area contributed by atoms with Crippen LogP contribution in [0.25, 0.3) is 0 Å². The van der Waals surface area contributed by atoms with Crippen molar-refractivity contribution in [2.75, 3.05) is 20.2 Å². The van der Waals surface area contributed by atoms with Gasteiger partial charge in [0, 0.05) is 25.2 Å². The quantitative estimate of drug-likeness (QED) is 0.779. The monoisotopic (exact) mass is 418 g/mol. The van der Waals surface area contributed by atoms with Crippen LogP contribution in [0.2, 0.25) is 0 Å². The normalized spacial score (nSPS) is 20.2. The molecule has 0 radical (unpaired) electrons. The highest BCUT2D eigenvalue weighted by Crippen LogP contribution is 2.21. The van der Waals surface area contributed by atoms with E-state index in [0.717, 1.165) is 11.3 Å². The largest absolute Gasteiger partial charge is 0.497 e. The van der Waals surface area contributed by atoms with Gasteiger partial charge in [-0.15, -0.1) is 0 Å². The van der Waals surface area contributed by atoms with Gasteiger partial charge in [-0.3, -0.25) is 4.79 Å². The summed E-state index contributed by atoms with van der Waals surface area (Å²) in [6.07, 6.45) is -0.314. The van der Waals surface area contributed by atoms with Crippen molar-refractivity contribution in [3.63, 3.8) is 0 Å². The molecule has 2 aromatic rings. The second kappa shape index (κ2) is 8.94. The smallest absolute Gasteiger partial charge is 0.251 e. The van der Waals surface area contributed by atoms with E-state index in [0.29, 0.717) is 25.2 Å². The van der Waals surface area contributed by atoms with E-state index in [2.05, 4.69) is 5.32 Å². The molecule has 0 aliphatic carbocycles. The fraction of sp³-hybridized carbons (Fsp3) is 0.381. The molecule has 0 unspecified atom stereocenters. The maximum atomic E-state index is 12.9. The van der Waals surface area contributed by atoms with Gasteiger partial charge < -0.3 is 14.8 Å². The van der Waals surface area contributed by atoms with Crippen LogP contribution in [0.1, 0.15) is 29.8 Å². The number of rotatable bonds is 6. The Bertz CT molecular complexity index is 949. The Morgan fingerprint density at radius 1 is 1.14 bits per heavy atom. The van der Waals surface area contributed by atoms with E-state index in [1.165, 1.54) is 28.6 Å². The van der Waals surface area contributed by atoms with Gasteiger partial charge in [-0.25, -0.2) is 8.42 Å². The predicted octanol–water partition coefficient (Wildman–Crippen LogP) is 2.42. The second-order valence-corrected chi connectivity index (χ2v) is 9.08. The first-order valence-electron chi connectivity index (χ1n) is 9.46. The number of methoxy groups -OCH3 is 1. The highest BCUT2D eigenvalue weighted by atomic mass is 32.2. The zero-order valence-corrected chi connectivity index (χ0v) is 17.6. The third-order valence-electron chi connectivity index (χ3n) is 4.73. The molecule has 0 bridgehead atoms. The molecule has 8 heteroatoms. The number of carbonyl (C=O) groups excluding carboxylic acids is 1. The minimum absolute atomic E-state index is 0.157. The average molecular weight is 419 g/mol. The summed E-state index contributed by atoms with van der Waals surface area (Å²) in [6, 6.07) is 13.4. The summed E-state index contributed by atoms with van der Waals surface area (Å²) >= 11 is 0. The van der Waals surface area contributed by atoms with E-state index >= 15 is 0 Å². The van der Waals surface area contributed by atoms with Crippen LogP contribution in [-0.4, -0.2) is 51.0 Å². The predicted molar refractivity (Wildman–Crippen MR) is 109 cm³/mol. The van der Waals surface area contributed by atoms with Gasteiger partial charge in [0.15, 0.2) is 0 Å². The highest BCUT2D eigenvalue weighted by molar-refractivity contribution is 7.89. The lowest BCUT2D eigenvalue weighted by atomic mass is 10.2. The van der Waals surface area contributed by atoms with Gasteiger partial charge in [0.05, 0.1) is 24.2 Å². The van der Waals surface area contributed by atoms with Crippen molar-refractivity contribution >= 4 is 15.9 Å². The second-order valence-electron chi connectivity index (χ2n) is 7.14. The van der Waals surface area contributed by atoms with Crippen molar-refractivity contribution in [3.05, 3.63) is 59.7 Å². The minimum atomic E-state index is -3.63. The maximum Gasteiger partial charge on any atom is 0.251 e. The number of sulfonamides is 1. The fourth-order valence-corrected chi connectivity index (χ4v) is 4.91. The van der Waals surface area contributed by atoms with Crippen molar-refractivity contribution in [1.82, 2.24) is 9.62 Å². The zero-order valence-electron chi connectivity index (χ0n) is 16.8. The molecule has 2 aromatic carbocycles. The first-order chi connectivity index (χ1) is 13.8. The number of hydrogen-bond donors (Lipinski definition) is 1. The van der Waals surface area contributed by atoms with Crippen LogP contribution < -0.4 is 10.1 Å². The number of carbonyl (C=O) groups is 1. The molecule has 0 saturated carbocycles. The molecule has 0 aromatic heterocycles. The van der Waals surface area contributed by atoms with Crippen LogP contribution in [0.5, 0.6) is 5.75 Å². The van der Waals surface area contributed by atoms with Crippen LogP contribution in [0.15, 0.2) is 53.4 Å². The van der Waals surface area contributed by atoms with Crippen LogP contribution in [0, 0.1) is 0 Å². The lowest BCUT2D eigenvalue weighted by Crippen LogP contribution is -2.48.